The molecule has 1 atom stereocenters. The third-order valence-corrected chi connectivity index (χ3v) is 5.17. The number of nitrogens with one attached hydrogen (secondary N) is 3. The SMILES string of the molecule is Cc1cc(C(=N)c2cnc(NC(=O)N[C@H](COCC3CC3)c3ccccc3)cc2N)no1.[HH].[HH].[HH]. The molecule has 1 aliphatic carbocycles. The number of carbonyl (C=O) groups excluding carboxylic acids is 1. The molecular formula is C23H32N6O3. The molecular weight excluding hydrogens is 408 g/mol. The van der Waals surface area contributed by atoms with E-state index in [2.05, 4.69) is 20.8 Å². The van der Waals surface area contributed by atoms with Crippen LogP contribution in [-0.4, -0.2) is 35.1 Å². The van der Waals surface area contributed by atoms with Gasteiger partial charge in [0.05, 0.1) is 18.4 Å². The number of nitrogens with two attached hydrogens (primary N) is 1. The number of anilines is 2. The normalized spacial score (nSPS) is 14.0. The second-order valence-electron chi connectivity index (χ2n) is 7.90. The highest BCUT2D eigenvalue weighted by Gasteiger charge is 2.23. The van der Waals surface area contributed by atoms with Gasteiger partial charge in [0, 0.05) is 40.5 Å². The average Bonchev–Trinajstić information content (AvgIpc) is 3.51. The average molecular weight is 441 g/mol. The van der Waals surface area contributed by atoms with Gasteiger partial charge < -0.3 is 20.3 Å². The molecule has 0 aliphatic heterocycles. The number of hydrogen-bond donors (Lipinski definition) is 4. The van der Waals surface area contributed by atoms with Crippen LogP contribution in [0.1, 0.15) is 45.7 Å². The van der Waals surface area contributed by atoms with E-state index in [0.29, 0.717) is 41.8 Å². The monoisotopic (exact) mass is 440 g/mol. The van der Waals surface area contributed by atoms with Gasteiger partial charge in [0.1, 0.15) is 17.3 Å². The number of aryl methyl sites for hydroxylation is 1. The first-order valence-corrected chi connectivity index (χ1v) is 10.5. The highest BCUT2D eigenvalue weighted by Crippen LogP contribution is 2.29. The second kappa shape index (κ2) is 9.61. The molecule has 0 saturated heterocycles. The van der Waals surface area contributed by atoms with Crippen molar-refractivity contribution in [1.82, 2.24) is 15.5 Å². The maximum absolute atomic E-state index is 12.6. The van der Waals surface area contributed by atoms with E-state index in [1.807, 2.05) is 30.3 Å². The molecule has 1 saturated carbocycles. The molecule has 4 rings (SSSR count). The predicted molar refractivity (Wildman–Crippen MR) is 127 cm³/mol. The zero-order chi connectivity index (χ0) is 22.5. The quantitative estimate of drug-likeness (QED) is 0.364. The lowest BCUT2D eigenvalue weighted by atomic mass is 10.1. The summed E-state index contributed by atoms with van der Waals surface area (Å²) in [6.45, 7) is 2.84. The van der Waals surface area contributed by atoms with Crippen LogP contribution in [0.3, 0.4) is 0 Å². The number of nitrogens with zero attached hydrogens (tertiary/aromatic N) is 2. The summed E-state index contributed by atoms with van der Waals surface area (Å²) in [5, 5.41) is 17.7. The first kappa shape index (κ1) is 21.5. The van der Waals surface area contributed by atoms with Gasteiger partial charge in [0.15, 0.2) is 0 Å². The molecule has 0 radical (unpaired) electrons. The third-order valence-electron chi connectivity index (χ3n) is 5.17. The first-order valence-electron chi connectivity index (χ1n) is 10.5. The van der Waals surface area contributed by atoms with Crippen LogP contribution in [0.5, 0.6) is 0 Å². The van der Waals surface area contributed by atoms with Gasteiger partial charge in [-0.25, -0.2) is 9.78 Å². The number of benzene rings is 1. The van der Waals surface area contributed by atoms with Crippen LogP contribution < -0.4 is 16.4 Å². The zero-order valence-electron chi connectivity index (χ0n) is 17.8. The summed E-state index contributed by atoms with van der Waals surface area (Å²) >= 11 is 0. The van der Waals surface area contributed by atoms with Gasteiger partial charge in [0.25, 0.3) is 0 Å². The predicted octanol–water partition coefficient (Wildman–Crippen LogP) is 4.40. The van der Waals surface area contributed by atoms with Crippen molar-refractivity contribution in [2.75, 3.05) is 24.3 Å². The molecule has 0 bridgehead atoms. The van der Waals surface area contributed by atoms with Crippen molar-refractivity contribution in [3.8, 4) is 0 Å². The molecule has 1 aliphatic rings. The van der Waals surface area contributed by atoms with Gasteiger partial charge in [-0.05, 0) is 31.2 Å². The topological polar surface area (TPSA) is 139 Å². The molecule has 1 fully saturated rings. The molecule has 3 aromatic rings. The van der Waals surface area contributed by atoms with Crippen molar-refractivity contribution in [2.24, 2.45) is 5.92 Å². The molecule has 0 unspecified atom stereocenters. The minimum atomic E-state index is -0.421. The number of aromatic nitrogens is 2. The van der Waals surface area contributed by atoms with Crippen molar-refractivity contribution < 1.29 is 18.3 Å². The van der Waals surface area contributed by atoms with Crippen LogP contribution in [0, 0.1) is 18.3 Å². The van der Waals surface area contributed by atoms with Crippen molar-refractivity contribution in [3.63, 3.8) is 0 Å². The van der Waals surface area contributed by atoms with Crippen LogP contribution in [0.25, 0.3) is 0 Å². The van der Waals surface area contributed by atoms with Gasteiger partial charge in [-0.15, -0.1) is 0 Å². The number of rotatable bonds is 9. The molecule has 9 heteroatoms. The zero-order valence-corrected chi connectivity index (χ0v) is 17.8. The van der Waals surface area contributed by atoms with Crippen LogP contribution >= 0.6 is 0 Å². The van der Waals surface area contributed by atoms with Crippen molar-refractivity contribution >= 4 is 23.2 Å². The summed E-state index contributed by atoms with van der Waals surface area (Å²) in [6, 6.07) is 12.1. The molecule has 1 aromatic carbocycles. The lowest BCUT2D eigenvalue weighted by Crippen LogP contribution is -2.35. The molecule has 0 spiro atoms. The van der Waals surface area contributed by atoms with Crippen LogP contribution in [0.15, 0.2) is 53.2 Å². The fourth-order valence-corrected chi connectivity index (χ4v) is 3.22. The number of ether oxygens (including phenoxy) is 1. The van der Waals surface area contributed by atoms with E-state index in [1.54, 1.807) is 13.0 Å². The Labute approximate surface area is 190 Å². The Morgan fingerprint density at radius 1 is 1.34 bits per heavy atom. The highest BCUT2D eigenvalue weighted by molar-refractivity contribution is 6.12. The number of hydrogen-bond acceptors (Lipinski definition) is 7. The Morgan fingerprint density at radius 3 is 2.78 bits per heavy atom. The lowest BCUT2D eigenvalue weighted by molar-refractivity contribution is 0.105. The largest absolute Gasteiger partial charge is 0.398 e. The van der Waals surface area contributed by atoms with E-state index < -0.39 is 6.03 Å². The van der Waals surface area contributed by atoms with Gasteiger partial charge >= 0.3 is 6.03 Å². The Bertz CT molecular complexity index is 1110. The van der Waals surface area contributed by atoms with E-state index >= 15 is 0 Å². The molecule has 2 amide bonds. The Balaban J connectivity index is 0.00000204. The van der Waals surface area contributed by atoms with E-state index in [-0.39, 0.29) is 21.9 Å². The summed E-state index contributed by atoms with van der Waals surface area (Å²) in [4.78, 5) is 16.9. The summed E-state index contributed by atoms with van der Waals surface area (Å²) in [7, 11) is 0. The molecule has 9 nitrogen and oxygen atoms in total. The first-order chi connectivity index (χ1) is 15.5. The Morgan fingerprint density at radius 2 is 2.12 bits per heavy atom. The number of pyridine rings is 1. The number of nitrogen functional groups attached to an aromatic ring is 1. The lowest BCUT2D eigenvalue weighted by Gasteiger charge is -2.20. The van der Waals surface area contributed by atoms with Crippen molar-refractivity contribution in [3.05, 3.63) is 71.2 Å². The maximum Gasteiger partial charge on any atom is 0.320 e. The molecule has 5 N–H and O–H groups in total. The van der Waals surface area contributed by atoms with Gasteiger partial charge in [-0.2, -0.15) is 0 Å². The van der Waals surface area contributed by atoms with Crippen molar-refractivity contribution in [2.45, 2.75) is 25.8 Å². The minimum absolute atomic E-state index is 0. The minimum Gasteiger partial charge on any atom is -0.398 e. The van der Waals surface area contributed by atoms with E-state index in [9.17, 15) is 4.79 Å². The van der Waals surface area contributed by atoms with Crippen LogP contribution in [0.2, 0.25) is 0 Å². The number of urea groups is 1. The Hall–Kier alpha value is -3.72. The van der Waals surface area contributed by atoms with Gasteiger partial charge in [0.2, 0.25) is 0 Å². The fourth-order valence-electron chi connectivity index (χ4n) is 3.22. The van der Waals surface area contributed by atoms with E-state index in [0.717, 1.165) is 5.56 Å². The number of amides is 2. The van der Waals surface area contributed by atoms with E-state index in [4.69, 9.17) is 20.4 Å². The summed E-state index contributed by atoms with van der Waals surface area (Å²) < 4.78 is 10.8. The fraction of sp³-hybridized carbons (Fsp3) is 0.304. The smallest absolute Gasteiger partial charge is 0.320 e. The summed E-state index contributed by atoms with van der Waals surface area (Å²) in [5.74, 6) is 1.52. The van der Waals surface area contributed by atoms with Gasteiger partial charge in [-0.3, -0.25) is 10.7 Å². The third kappa shape index (κ3) is 5.50. The van der Waals surface area contributed by atoms with Crippen LogP contribution in [-0.2, 0) is 4.74 Å². The number of carbonyl (C=O) groups is 1. The summed E-state index contributed by atoms with van der Waals surface area (Å²) in [5.41, 5.74) is 8.23. The van der Waals surface area contributed by atoms with Crippen molar-refractivity contribution in [1.29, 1.82) is 5.41 Å². The van der Waals surface area contributed by atoms with E-state index in [1.165, 1.54) is 25.1 Å². The molecule has 2 heterocycles. The maximum atomic E-state index is 12.6. The highest BCUT2D eigenvalue weighted by atomic mass is 16.5. The second-order valence-corrected chi connectivity index (χ2v) is 7.90. The van der Waals surface area contributed by atoms with Gasteiger partial charge in [-0.1, -0.05) is 35.5 Å². The Kier molecular flexibility index (Phi) is 6.46. The molecule has 32 heavy (non-hydrogen) atoms. The molecule has 2 aromatic heterocycles. The summed E-state index contributed by atoms with van der Waals surface area (Å²) in [6.07, 6.45) is 3.85. The molecule has 172 valence electrons. The van der Waals surface area contributed by atoms with Crippen LogP contribution in [0.4, 0.5) is 16.3 Å². The standard InChI is InChI=1S/C23H26N6O3.3H2/c1-14-9-19(29-32-14)22(25)17-11-26-21(10-18(17)24)28-23(30)27-20(13-31-12-15-7-8-15)16-5-3-2-4-6-16;;;/h2-6,9-11,15,20,25H,7-8,12-13H2,1H3,(H4,24,26,27,28,30);3*1H/t20-;;;/m1.../s1.